The minimum absolute atomic E-state index is 0.0747. The van der Waals surface area contributed by atoms with Crippen LogP contribution in [0.3, 0.4) is 0 Å². The Labute approximate surface area is 103 Å². The highest BCUT2D eigenvalue weighted by Gasteiger charge is 2.26. The van der Waals surface area contributed by atoms with Crippen LogP contribution in [0.25, 0.3) is 0 Å². The van der Waals surface area contributed by atoms with Crippen molar-refractivity contribution >= 4 is 5.97 Å². The molecule has 2 aliphatic rings. The van der Waals surface area contributed by atoms with Crippen molar-refractivity contribution in [1.29, 1.82) is 0 Å². The Hall–Kier alpha value is -0.610. The van der Waals surface area contributed by atoms with Gasteiger partial charge in [0.2, 0.25) is 0 Å². The van der Waals surface area contributed by atoms with Gasteiger partial charge in [0, 0.05) is 13.0 Å². The summed E-state index contributed by atoms with van der Waals surface area (Å²) in [6, 6.07) is 0. The van der Waals surface area contributed by atoms with Gasteiger partial charge in [-0.2, -0.15) is 0 Å². The van der Waals surface area contributed by atoms with E-state index in [1.807, 2.05) is 0 Å². The van der Waals surface area contributed by atoms with Gasteiger partial charge in [0.1, 0.15) is 0 Å². The van der Waals surface area contributed by atoms with Crippen LogP contribution in [0.4, 0.5) is 0 Å². The van der Waals surface area contributed by atoms with E-state index in [1.165, 1.54) is 7.11 Å². The van der Waals surface area contributed by atoms with Crippen LogP contribution < -0.4 is 5.32 Å². The van der Waals surface area contributed by atoms with E-state index in [0.717, 1.165) is 45.2 Å². The third kappa shape index (κ3) is 3.96. The van der Waals surface area contributed by atoms with E-state index in [-0.39, 0.29) is 5.97 Å². The van der Waals surface area contributed by atoms with E-state index in [1.54, 1.807) is 0 Å². The Morgan fingerprint density at radius 2 is 1.94 bits per heavy atom. The summed E-state index contributed by atoms with van der Waals surface area (Å²) < 4.78 is 10.8. The zero-order chi connectivity index (χ0) is 12.1. The van der Waals surface area contributed by atoms with Crippen LogP contribution in [0.15, 0.2) is 0 Å². The molecular weight excluding hydrogens is 218 g/mol. The fraction of sp³-hybridized carbons (Fsp3) is 0.923. The molecule has 1 N–H and O–H groups in total. The summed E-state index contributed by atoms with van der Waals surface area (Å²) >= 11 is 0. The van der Waals surface area contributed by atoms with Gasteiger partial charge in [0.05, 0.1) is 19.3 Å². The van der Waals surface area contributed by atoms with Crippen molar-refractivity contribution in [2.75, 3.05) is 20.2 Å². The van der Waals surface area contributed by atoms with Gasteiger partial charge in [-0.25, -0.2) is 0 Å². The second-order valence-corrected chi connectivity index (χ2v) is 5.17. The fourth-order valence-electron chi connectivity index (χ4n) is 2.81. The van der Waals surface area contributed by atoms with Crippen molar-refractivity contribution < 1.29 is 14.3 Å². The molecule has 1 heterocycles. The Balaban J connectivity index is 1.65. The van der Waals surface area contributed by atoms with E-state index < -0.39 is 0 Å². The highest BCUT2D eigenvalue weighted by molar-refractivity contribution is 5.69. The van der Waals surface area contributed by atoms with Crippen LogP contribution in [0.2, 0.25) is 0 Å². The SMILES string of the molecule is COC(=O)C[C@H]1CC[C@H](O[C@@H]2CCNC2)CC1. The first-order valence-electron chi connectivity index (χ1n) is 6.71. The zero-order valence-electron chi connectivity index (χ0n) is 10.6. The van der Waals surface area contributed by atoms with E-state index in [9.17, 15) is 4.79 Å². The number of carbonyl (C=O) groups is 1. The summed E-state index contributed by atoms with van der Waals surface area (Å²) in [6.07, 6.45) is 6.93. The molecular formula is C13H23NO3. The minimum atomic E-state index is -0.0747. The van der Waals surface area contributed by atoms with Crippen LogP contribution >= 0.6 is 0 Å². The fourth-order valence-corrected chi connectivity index (χ4v) is 2.81. The number of ether oxygens (including phenoxy) is 2. The molecule has 1 saturated carbocycles. The van der Waals surface area contributed by atoms with Crippen molar-refractivity contribution in [3.8, 4) is 0 Å². The molecule has 98 valence electrons. The second-order valence-electron chi connectivity index (χ2n) is 5.17. The molecule has 0 aromatic rings. The maximum atomic E-state index is 11.2. The molecule has 17 heavy (non-hydrogen) atoms. The summed E-state index contributed by atoms with van der Waals surface area (Å²) in [7, 11) is 1.46. The number of esters is 1. The van der Waals surface area contributed by atoms with E-state index in [2.05, 4.69) is 5.32 Å². The van der Waals surface area contributed by atoms with Gasteiger partial charge in [-0.3, -0.25) is 4.79 Å². The largest absolute Gasteiger partial charge is 0.469 e. The molecule has 1 aliphatic heterocycles. The maximum absolute atomic E-state index is 11.2. The molecule has 2 fully saturated rings. The van der Waals surface area contributed by atoms with Crippen LogP contribution in [0, 0.1) is 5.92 Å². The molecule has 1 saturated heterocycles. The van der Waals surface area contributed by atoms with Gasteiger partial charge < -0.3 is 14.8 Å². The van der Waals surface area contributed by atoms with Gasteiger partial charge in [-0.05, 0) is 44.6 Å². The summed E-state index contributed by atoms with van der Waals surface area (Å²) in [6.45, 7) is 2.09. The lowest BCUT2D eigenvalue weighted by atomic mass is 9.85. The van der Waals surface area contributed by atoms with Crippen LogP contribution in [0.1, 0.15) is 38.5 Å². The summed E-state index contributed by atoms with van der Waals surface area (Å²) in [5.74, 6) is 0.429. The van der Waals surface area contributed by atoms with E-state index >= 15 is 0 Å². The number of methoxy groups -OCH3 is 1. The molecule has 0 aromatic carbocycles. The van der Waals surface area contributed by atoms with Gasteiger partial charge in [-0.15, -0.1) is 0 Å². The predicted octanol–water partition coefficient (Wildman–Crippen LogP) is 1.49. The summed E-state index contributed by atoms with van der Waals surface area (Å²) in [5.41, 5.74) is 0. The summed E-state index contributed by atoms with van der Waals surface area (Å²) in [4.78, 5) is 11.2. The van der Waals surface area contributed by atoms with Crippen molar-refractivity contribution in [2.45, 2.75) is 50.7 Å². The lowest BCUT2D eigenvalue weighted by Gasteiger charge is -2.29. The average Bonchev–Trinajstić information content (AvgIpc) is 2.84. The monoisotopic (exact) mass is 241 g/mol. The van der Waals surface area contributed by atoms with Gasteiger partial charge in [-0.1, -0.05) is 0 Å². The van der Waals surface area contributed by atoms with Gasteiger partial charge in [0.15, 0.2) is 0 Å². The van der Waals surface area contributed by atoms with Crippen molar-refractivity contribution in [3.05, 3.63) is 0 Å². The molecule has 1 atom stereocenters. The van der Waals surface area contributed by atoms with E-state index in [4.69, 9.17) is 9.47 Å². The van der Waals surface area contributed by atoms with Crippen LogP contribution in [0.5, 0.6) is 0 Å². The minimum Gasteiger partial charge on any atom is -0.469 e. The maximum Gasteiger partial charge on any atom is 0.305 e. The molecule has 1 aliphatic carbocycles. The van der Waals surface area contributed by atoms with Crippen LogP contribution in [-0.4, -0.2) is 38.4 Å². The predicted molar refractivity (Wildman–Crippen MR) is 64.7 cm³/mol. The Morgan fingerprint density at radius 3 is 2.53 bits per heavy atom. The third-order valence-corrected chi connectivity index (χ3v) is 3.88. The van der Waals surface area contributed by atoms with Gasteiger partial charge >= 0.3 is 5.97 Å². The smallest absolute Gasteiger partial charge is 0.305 e. The van der Waals surface area contributed by atoms with Crippen molar-refractivity contribution in [2.24, 2.45) is 5.92 Å². The van der Waals surface area contributed by atoms with Crippen LogP contribution in [-0.2, 0) is 14.3 Å². The number of hydrogen-bond donors (Lipinski definition) is 1. The van der Waals surface area contributed by atoms with Crippen molar-refractivity contribution in [1.82, 2.24) is 5.32 Å². The van der Waals surface area contributed by atoms with Crippen molar-refractivity contribution in [3.63, 3.8) is 0 Å². The highest BCUT2D eigenvalue weighted by Crippen LogP contribution is 2.29. The topological polar surface area (TPSA) is 47.6 Å². The Bertz CT molecular complexity index is 243. The molecule has 0 unspecified atom stereocenters. The average molecular weight is 241 g/mol. The third-order valence-electron chi connectivity index (χ3n) is 3.88. The molecule has 0 aromatic heterocycles. The number of rotatable bonds is 4. The standard InChI is InChI=1S/C13H23NO3/c1-16-13(15)8-10-2-4-11(5-3-10)17-12-6-7-14-9-12/h10-12,14H,2-9H2,1H3/t10-,11-,12-/m1/s1. The first kappa shape index (κ1) is 12.8. The molecule has 2 rings (SSSR count). The molecule has 0 radical (unpaired) electrons. The lowest BCUT2D eigenvalue weighted by Crippen LogP contribution is -2.28. The van der Waals surface area contributed by atoms with E-state index in [0.29, 0.717) is 24.5 Å². The first-order valence-corrected chi connectivity index (χ1v) is 6.71. The Kier molecular flexibility index (Phi) is 4.80. The molecule has 0 bridgehead atoms. The molecule has 4 heteroatoms. The highest BCUT2D eigenvalue weighted by atomic mass is 16.5. The second kappa shape index (κ2) is 6.36. The molecule has 0 spiro atoms. The first-order chi connectivity index (χ1) is 8.28. The zero-order valence-corrected chi connectivity index (χ0v) is 10.6. The summed E-state index contributed by atoms with van der Waals surface area (Å²) in [5, 5.41) is 3.32. The number of hydrogen-bond acceptors (Lipinski definition) is 4. The molecule has 0 amide bonds. The lowest BCUT2D eigenvalue weighted by molar-refractivity contribution is -0.142. The number of nitrogens with one attached hydrogen (secondary N) is 1. The quantitative estimate of drug-likeness (QED) is 0.757. The number of carbonyl (C=O) groups excluding carboxylic acids is 1. The molecule has 4 nitrogen and oxygen atoms in total. The Morgan fingerprint density at radius 1 is 1.18 bits per heavy atom. The normalized spacial score (nSPS) is 33.6. The van der Waals surface area contributed by atoms with Gasteiger partial charge in [0.25, 0.3) is 0 Å².